The largest absolute Gasteiger partial charge is 0.310 e. The summed E-state index contributed by atoms with van der Waals surface area (Å²) in [6.45, 7) is 4.27. The highest BCUT2D eigenvalue weighted by molar-refractivity contribution is 6.26. The van der Waals surface area contributed by atoms with Crippen LogP contribution >= 0.6 is 0 Å². The highest BCUT2D eigenvalue weighted by Gasteiger charge is 2.24. The molecule has 13 aromatic carbocycles. The van der Waals surface area contributed by atoms with Crippen molar-refractivity contribution < 1.29 is 0 Å². The zero-order valence-corrected chi connectivity index (χ0v) is 52.8. The topological polar surface area (TPSA) is 6.48 Å². The number of nitrogens with zero attached hydrogens (tertiary/aromatic N) is 2. The van der Waals surface area contributed by atoms with Gasteiger partial charge in [0.15, 0.2) is 0 Å². The Labute approximate surface area is 543 Å². The van der Waals surface area contributed by atoms with Gasteiger partial charge in [-0.3, -0.25) is 0 Å². The number of anilines is 6. The van der Waals surface area contributed by atoms with E-state index in [1.54, 1.807) is 11.1 Å². The van der Waals surface area contributed by atoms with Crippen LogP contribution in [0.25, 0.3) is 102 Å². The molecule has 15 rings (SSSR count). The molecule has 2 fully saturated rings. The number of benzene rings is 13. The van der Waals surface area contributed by atoms with Gasteiger partial charge in [-0.15, -0.1) is 0 Å². The lowest BCUT2D eigenvalue weighted by Crippen LogP contribution is -2.11. The zero-order chi connectivity index (χ0) is 61.7. The molecule has 0 unspecified atom stereocenters. The molecule has 2 nitrogen and oxygen atoms in total. The summed E-state index contributed by atoms with van der Waals surface area (Å²) in [5.74, 6) is 0. The van der Waals surface area contributed by atoms with E-state index in [0.717, 1.165) is 45.3 Å². The minimum Gasteiger partial charge on any atom is -0.310 e. The van der Waals surface area contributed by atoms with Gasteiger partial charge in [-0.25, -0.2) is 0 Å². The quantitative estimate of drug-likeness (QED) is 0.0791. The van der Waals surface area contributed by atoms with Crippen molar-refractivity contribution >= 4 is 114 Å². The average Bonchev–Trinajstić information content (AvgIpc) is 0.726. The number of hydrogen-bond acceptors (Lipinski definition) is 2. The lowest BCUT2D eigenvalue weighted by Gasteiger charge is -2.28. The summed E-state index contributed by atoms with van der Waals surface area (Å²) in [6.07, 6.45) is 26.3. The van der Waals surface area contributed by atoms with Gasteiger partial charge in [0.1, 0.15) is 0 Å². The number of rotatable bonds is 14. The summed E-state index contributed by atoms with van der Waals surface area (Å²) in [7, 11) is 0. The molecule has 2 aliphatic rings. The highest BCUT2D eigenvalue weighted by atomic mass is 15.1. The van der Waals surface area contributed by atoms with Crippen molar-refractivity contribution in [2.75, 3.05) is 9.80 Å². The summed E-state index contributed by atoms with van der Waals surface area (Å²) in [4.78, 5) is 4.91. The second-order valence-electron chi connectivity index (χ2n) is 25.4. The molecule has 2 heteroatoms. The molecule has 2 saturated carbocycles. The Morgan fingerprint density at radius 3 is 0.804 bits per heavy atom. The van der Waals surface area contributed by atoms with Crippen molar-refractivity contribution in [1.82, 2.24) is 0 Å². The lowest BCUT2D eigenvalue weighted by molar-refractivity contribution is 0.602. The standard InChI is InChI=1S/C90H76N2/c1-63-29-33-65(34-30-63)37-39-67-41-49-73(50-42-67)91(75-53-45-71(46-54-75)61-69-17-5-3-6-18-69)87-59-57-85(77-21-9-11-23-79(77)87)89-81-25-13-15-27-83(81)90(84-28-16-14-26-82(84)89)86-58-60-88(80-24-12-10-22-78(80)86)92(76-55-47-72(48-56-76)62-70-19-7-4-8-20-70)74-51-43-68(44-52-74)40-38-66-35-31-64(2)32-36-66/h9-16,21-62H,3-8,17-20H2,1-2H3/b39-37+,40-38+. The molecule has 0 heterocycles. The zero-order valence-electron chi connectivity index (χ0n) is 52.8. The van der Waals surface area contributed by atoms with Crippen molar-refractivity contribution in [3.05, 3.63) is 323 Å². The molecule has 446 valence electrons. The van der Waals surface area contributed by atoms with E-state index in [-0.39, 0.29) is 0 Å². The van der Waals surface area contributed by atoms with Crippen LogP contribution < -0.4 is 9.80 Å². The normalized spacial score (nSPS) is 13.6. The van der Waals surface area contributed by atoms with Crippen molar-refractivity contribution in [3.8, 4) is 22.3 Å². The summed E-state index contributed by atoms with van der Waals surface area (Å²) in [6, 6.07) is 99.9. The van der Waals surface area contributed by atoms with Crippen LogP contribution in [0, 0.1) is 13.8 Å². The maximum atomic E-state index is 2.46. The van der Waals surface area contributed by atoms with E-state index >= 15 is 0 Å². The number of allylic oxidation sites excluding steroid dienone is 2. The Balaban J connectivity index is 0.848. The Morgan fingerprint density at radius 1 is 0.239 bits per heavy atom. The van der Waals surface area contributed by atoms with Crippen LogP contribution in [0.3, 0.4) is 0 Å². The van der Waals surface area contributed by atoms with Crippen LogP contribution in [0.4, 0.5) is 34.1 Å². The lowest BCUT2D eigenvalue weighted by atomic mass is 9.83. The molecule has 0 aromatic heterocycles. The molecule has 0 N–H and O–H groups in total. The van der Waals surface area contributed by atoms with Crippen molar-refractivity contribution in [1.29, 1.82) is 0 Å². The van der Waals surface area contributed by atoms with E-state index in [0.29, 0.717) is 0 Å². The fourth-order valence-electron chi connectivity index (χ4n) is 14.4. The summed E-state index contributed by atoms with van der Waals surface area (Å²) in [5, 5.41) is 9.69. The highest BCUT2D eigenvalue weighted by Crippen LogP contribution is 2.51. The molecule has 0 bridgehead atoms. The summed E-state index contributed by atoms with van der Waals surface area (Å²) >= 11 is 0. The van der Waals surface area contributed by atoms with E-state index in [2.05, 4.69) is 327 Å². The van der Waals surface area contributed by atoms with E-state index in [9.17, 15) is 0 Å². The van der Waals surface area contributed by atoms with Crippen LogP contribution in [0.5, 0.6) is 0 Å². The first-order valence-electron chi connectivity index (χ1n) is 33.3. The number of fused-ring (bicyclic) bond motifs is 4. The van der Waals surface area contributed by atoms with Crippen molar-refractivity contribution in [2.45, 2.75) is 78.1 Å². The predicted molar refractivity (Wildman–Crippen MR) is 399 cm³/mol. The molecule has 0 radical (unpaired) electrons. The molecule has 92 heavy (non-hydrogen) atoms. The first-order valence-corrected chi connectivity index (χ1v) is 33.3. The van der Waals surface area contributed by atoms with Gasteiger partial charge in [-0.05, 0) is 214 Å². The number of hydrogen-bond donors (Lipinski definition) is 0. The monoisotopic (exact) mass is 1180 g/mol. The summed E-state index contributed by atoms with van der Waals surface area (Å²) < 4.78 is 0. The maximum absolute atomic E-state index is 2.46. The Kier molecular flexibility index (Phi) is 16.4. The minimum absolute atomic E-state index is 1.11. The molecule has 2 aliphatic carbocycles. The fraction of sp³-hybridized carbons (Fsp3) is 0.133. The molecular formula is C90H76N2. The van der Waals surface area contributed by atoms with Gasteiger partial charge in [-0.1, -0.05) is 278 Å². The summed E-state index contributed by atoms with van der Waals surface area (Å²) in [5.41, 5.74) is 24.5. The predicted octanol–water partition coefficient (Wildman–Crippen LogP) is 26.2. The Bertz CT molecular complexity index is 4560. The van der Waals surface area contributed by atoms with E-state index in [1.807, 2.05) is 0 Å². The third-order valence-corrected chi connectivity index (χ3v) is 19.2. The Morgan fingerprint density at radius 2 is 0.500 bits per heavy atom. The first kappa shape index (κ1) is 57.9. The molecule has 13 aromatic rings. The van der Waals surface area contributed by atoms with E-state index < -0.39 is 0 Å². The van der Waals surface area contributed by atoms with Crippen LogP contribution in [0.2, 0.25) is 0 Å². The van der Waals surface area contributed by atoms with Crippen LogP contribution in [-0.2, 0) is 0 Å². The van der Waals surface area contributed by atoms with Gasteiger partial charge >= 0.3 is 0 Å². The van der Waals surface area contributed by atoms with Crippen molar-refractivity contribution in [3.63, 3.8) is 0 Å². The number of aryl methyl sites for hydroxylation is 2. The van der Waals surface area contributed by atoms with E-state index in [4.69, 9.17) is 0 Å². The van der Waals surface area contributed by atoms with Crippen LogP contribution in [-0.4, -0.2) is 0 Å². The fourth-order valence-corrected chi connectivity index (χ4v) is 14.4. The molecule has 0 aliphatic heterocycles. The van der Waals surface area contributed by atoms with Crippen molar-refractivity contribution in [2.24, 2.45) is 0 Å². The SMILES string of the molecule is Cc1ccc(/C=C/c2ccc(N(c3ccc(C=C4CCCCC4)cc3)c3ccc(-c4c5ccccc5c(-c5ccc(N(c6ccc(C=C7CCCCC7)cc6)c6ccc(/C=C/c7ccc(C)cc7)cc6)c6ccccc56)c5ccccc45)c4ccccc34)cc2)cc1. The maximum Gasteiger partial charge on any atom is 0.0540 e. The van der Waals surface area contributed by atoms with Gasteiger partial charge in [0.2, 0.25) is 0 Å². The average molecular weight is 1190 g/mol. The molecule has 0 amide bonds. The smallest absolute Gasteiger partial charge is 0.0540 e. The molecular weight excluding hydrogens is 1110 g/mol. The van der Waals surface area contributed by atoms with Gasteiger partial charge in [-0.2, -0.15) is 0 Å². The van der Waals surface area contributed by atoms with Crippen LogP contribution in [0.1, 0.15) is 109 Å². The molecule has 0 atom stereocenters. The first-order chi connectivity index (χ1) is 45.4. The second-order valence-corrected chi connectivity index (χ2v) is 25.4. The minimum atomic E-state index is 1.11. The third kappa shape index (κ3) is 12.1. The van der Waals surface area contributed by atoms with Gasteiger partial charge < -0.3 is 9.80 Å². The second kappa shape index (κ2) is 26.1. The molecule has 0 spiro atoms. The van der Waals surface area contributed by atoms with Gasteiger partial charge in [0.25, 0.3) is 0 Å². The van der Waals surface area contributed by atoms with Gasteiger partial charge in [0.05, 0.1) is 11.4 Å². The third-order valence-electron chi connectivity index (χ3n) is 19.2. The van der Waals surface area contributed by atoms with Gasteiger partial charge in [0, 0.05) is 33.5 Å². The van der Waals surface area contributed by atoms with E-state index in [1.165, 1.54) is 163 Å². The van der Waals surface area contributed by atoms with Crippen LogP contribution in [0.15, 0.2) is 278 Å². The molecule has 0 saturated heterocycles. The Hall–Kier alpha value is -10.5.